The minimum atomic E-state index is -0.0286. The van der Waals surface area contributed by atoms with E-state index in [0.717, 1.165) is 45.8 Å². The van der Waals surface area contributed by atoms with Crippen LogP contribution < -0.4 is 0 Å². The molecule has 0 N–H and O–H groups in total. The number of furan rings is 1. The summed E-state index contributed by atoms with van der Waals surface area (Å²) in [5, 5.41) is 0. The van der Waals surface area contributed by atoms with Crippen LogP contribution in [0.3, 0.4) is 0 Å². The maximum atomic E-state index is 12.6. The molecule has 0 unspecified atom stereocenters. The van der Waals surface area contributed by atoms with Gasteiger partial charge in [0.1, 0.15) is 6.26 Å². The van der Waals surface area contributed by atoms with Crippen molar-refractivity contribution in [2.24, 2.45) is 0 Å². The lowest BCUT2D eigenvalue weighted by Gasteiger charge is -2.30. The van der Waals surface area contributed by atoms with Crippen LogP contribution in [-0.2, 0) is 9.53 Å². The fourth-order valence-corrected chi connectivity index (χ4v) is 4.10. The highest BCUT2D eigenvalue weighted by molar-refractivity contribution is 5.95. The molecule has 0 bridgehead atoms. The van der Waals surface area contributed by atoms with Crippen LogP contribution in [-0.4, -0.2) is 84.5 Å². The molecule has 3 saturated heterocycles. The van der Waals surface area contributed by atoms with Crippen LogP contribution in [0, 0.1) is 0 Å². The summed E-state index contributed by atoms with van der Waals surface area (Å²) in [5.41, 5.74) is 0.565. The van der Waals surface area contributed by atoms with E-state index in [1.165, 1.54) is 12.5 Å². The lowest BCUT2D eigenvalue weighted by molar-refractivity contribution is -0.129. The van der Waals surface area contributed by atoms with Crippen LogP contribution in [0.2, 0.25) is 0 Å². The van der Waals surface area contributed by atoms with Crippen LogP contribution in [0.1, 0.15) is 23.2 Å². The third kappa shape index (κ3) is 2.82. The summed E-state index contributed by atoms with van der Waals surface area (Å²) in [6.45, 7) is 5.74. The molecular weight excluding hydrogens is 310 g/mol. The van der Waals surface area contributed by atoms with Gasteiger partial charge >= 0.3 is 0 Å². The number of amides is 2. The molecule has 24 heavy (non-hydrogen) atoms. The fourth-order valence-electron chi connectivity index (χ4n) is 4.10. The zero-order valence-electron chi connectivity index (χ0n) is 13.7. The van der Waals surface area contributed by atoms with Gasteiger partial charge in [-0.3, -0.25) is 14.5 Å². The minimum Gasteiger partial charge on any atom is -0.472 e. The predicted molar refractivity (Wildman–Crippen MR) is 85.5 cm³/mol. The third-order valence-corrected chi connectivity index (χ3v) is 5.40. The molecule has 1 aromatic rings. The number of fused-ring (bicyclic) bond motifs is 1. The zero-order valence-corrected chi connectivity index (χ0v) is 13.7. The summed E-state index contributed by atoms with van der Waals surface area (Å²) in [6, 6.07) is 1.85. The number of nitrogens with zero attached hydrogens (tertiary/aromatic N) is 3. The maximum absolute atomic E-state index is 12.6. The molecule has 2 atom stereocenters. The second-order valence-corrected chi connectivity index (χ2v) is 6.68. The SMILES string of the molecule is O=C1C[C@H]2[C@@H](CCN2C(=O)c2ccoc2)N1CCN1CCOCC1. The molecule has 3 aliphatic rings. The van der Waals surface area contributed by atoms with E-state index in [2.05, 4.69) is 4.90 Å². The average molecular weight is 333 g/mol. The number of ether oxygens (including phenoxy) is 1. The van der Waals surface area contributed by atoms with Gasteiger partial charge in [-0.2, -0.15) is 0 Å². The number of morpholine rings is 1. The molecule has 3 aliphatic heterocycles. The molecule has 4 rings (SSSR count). The number of likely N-dealkylation sites (tertiary alicyclic amines) is 2. The number of carbonyl (C=O) groups excluding carboxylic acids is 2. The maximum Gasteiger partial charge on any atom is 0.257 e. The monoisotopic (exact) mass is 333 g/mol. The van der Waals surface area contributed by atoms with Gasteiger partial charge < -0.3 is 19.0 Å². The highest BCUT2D eigenvalue weighted by Crippen LogP contribution is 2.33. The minimum absolute atomic E-state index is 0.00425. The molecule has 3 fully saturated rings. The van der Waals surface area contributed by atoms with Gasteiger partial charge in [-0.15, -0.1) is 0 Å². The summed E-state index contributed by atoms with van der Waals surface area (Å²) < 4.78 is 10.4. The molecule has 0 radical (unpaired) electrons. The van der Waals surface area contributed by atoms with Crippen LogP contribution >= 0.6 is 0 Å². The van der Waals surface area contributed by atoms with E-state index in [9.17, 15) is 9.59 Å². The number of hydrogen-bond acceptors (Lipinski definition) is 5. The summed E-state index contributed by atoms with van der Waals surface area (Å²) in [7, 11) is 0. The van der Waals surface area contributed by atoms with E-state index in [4.69, 9.17) is 9.15 Å². The Balaban J connectivity index is 1.39. The summed E-state index contributed by atoms with van der Waals surface area (Å²) in [6.07, 6.45) is 4.29. The van der Waals surface area contributed by atoms with Crippen LogP contribution in [0.4, 0.5) is 0 Å². The topological polar surface area (TPSA) is 66.2 Å². The van der Waals surface area contributed by atoms with E-state index >= 15 is 0 Å². The van der Waals surface area contributed by atoms with Crippen LogP contribution in [0.15, 0.2) is 23.0 Å². The molecule has 1 aromatic heterocycles. The molecule has 4 heterocycles. The van der Waals surface area contributed by atoms with Gasteiger partial charge in [0.15, 0.2) is 0 Å². The fraction of sp³-hybridized carbons (Fsp3) is 0.647. The van der Waals surface area contributed by atoms with Crippen LogP contribution in [0.5, 0.6) is 0 Å². The predicted octanol–water partition coefficient (Wildman–Crippen LogP) is 0.427. The Morgan fingerprint density at radius 3 is 2.75 bits per heavy atom. The van der Waals surface area contributed by atoms with Gasteiger partial charge in [-0.1, -0.05) is 0 Å². The highest BCUT2D eigenvalue weighted by Gasteiger charge is 2.48. The van der Waals surface area contributed by atoms with Crippen molar-refractivity contribution in [3.63, 3.8) is 0 Å². The van der Waals surface area contributed by atoms with Gasteiger partial charge in [-0.05, 0) is 12.5 Å². The van der Waals surface area contributed by atoms with Gasteiger partial charge in [0.05, 0.1) is 37.1 Å². The van der Waals surface area contributed by atoms with Crippen LogP contribution in [0.25, 0.3) is 0 Å². The summed E-state index contributed by atoms with van der Waals surface area (Å²) in [5.74, 6) is 0.141. The van der Waals surface area contributed by atoms with Crippen molar-refractivity contribution in [1.29, 1.82) is 0 Å². The quantitative estimate of drug-likeness (QED) is 0.799. The third-order valence-electron chi connectivity index (χ3n) is 5.40. The Bertz CT molecular complexity index is 597. The molecule has 2 amide bonds. The van der Waals surface area contributed by atoms with Crippen molar-refractivity contribution in [2.45, 2.75) is 24.9 Å². The lowest BCUT2D eigenvalue weighted by Crippen LogP contribution is -2.45. The van der Waals surface area contributed by atoms with E-state index in [1.807, 2.05) is 9.80 Å². The van der Waals surface area contributed by atoms with Gasteiger partial charge in [0, 0.05) is 39.1 Å². The highest BCUT2D eigenvalue weighted by atomic mass is 16.5. The first-order valence-corrected chi connectivity index (χ1v) is 8.67. The lowest BCUT2D eigenvalue weighted by atomic mass is 10.1. The summed E-state index contributed by atoms with van der Waals surface area (Å²) >= 11 is 0. The van der Waals surface area contributed by atoms with Crippen molar-refractivity contribution in [3.05, 3.63) is 24.2 Å². The molecule has 7 heteroatoms. The Kier molecular flexibility index (Phi) is 4.28. The smallest absolute Gasteiger partial charge is 0.257 e. The molecular formula is C17H23N3O4. The van der Waals surface area contributed by atoms with Gasteiger partial charge in [-0.25, -0.2) is 0 Å². The van der Waals surface area contributed by atoms with E-state index in [1.54, 1.807) is 6.07 Å². The Hall–Kier alpha value is -1.86. The first-order chi connectivity index (χ1) is 11.7. The standard InChI is InChI=1S/C17H23N3O4/c21-16-11-15-14(19(16)5-4-18-6-9-23-10-7-18)1-3-20(15)17(22)13-2-8-24-12-13/h2,8,12,14-15H,1,3-7,9-11H2/t14-,15+/m1/s1. The van der Waals surface area contributed by atoms with Gasteiger partial charge in [0.25, 0.3) is 5.91 Å². The van der Waals surface area contributed by atoms with Crippen molar-refractivity contribution >= 4 is 11.8 Å². The number of carbonyl (C=O) groups is 2. The summed E-state index contributed by atoms with van der Waals surface area (Å²) in [4.78, 5) is 31.2. The first-order valence-electron chi connectivity index (χ1n) is 8.67. The number of rotatable bonds is 4. The average Bonchev–Trinajstić information content (AvgIpc) is 3.31. The van der Waals surface area contributed by atoms with Crippen molar-refractivity contribution in [1.82, 2.24) is 14.7 Å². The molecule has 0 saturated carbocycles. The van der Waals surface area contributed by atoms with E-state index in [0.29, 0.717) is 18.5 Å². The van der Waals surface area contributed by atoms with E-state index in [-0.39, 0.29) is 23.9 Å². The first kappa shape index (κ1) is 15.7. The Morgan fingerprint density at radius 2 is 2.00 bits per heavy atom. The normalized spacial score (nSPS) is 27.8. The second-order valence-electron chi connectivity index (χ2n) is 6.68. The van der Waals surface area contributed by atoms with Crippen molar-refractivity contribution in [2.75, 3.05) is 45.9 Å². The Morgan fingerprint density at radius 1 is 1.17 bits per heavy atom. The molecule has 7 nitrogen and oxygen atoms in total. The largest absolute Gasteiger partial charge is 0.472 e. The molecule has 0 aromatic carbocycles. The molecule has 0 aliphatic carbocycles. The zero-order chi connectivity index (χ0) is 16.5. The van der Waals surface area contributed by atoms with Gasteiger partial charge in [0.2, 0.25) is 5.91 Å². The molecule has 0 spiro atoms. The second kappa shape index (κ2) is 6.57. The number of hydrogen-bond donors (Lipinski definition) is 0. The Labute approximate surface area is 141 Å². The van der Waals surface area contributed by atoms with E-state index < -0.39 is 0 Å². The molecule has 130 valence electrons. The van der Waals surface area contributed by atoms with Crippen molar-refractivity contribution < 1.29 is 18.7 Å². The van der Waals surface area contributed by atoms with Crippen molar-refractivity contribution in [3.8, 4) is 0 Å².